The van der Waals surface area contributed by atoms with E-state index in [2.05, 4.69) is 20.6 Å². The third-order valence-electron chi connectivity index (χ3n) is 5.65. The zero-order valence-electron chi connectivity index (χ0n) is 17.3. The number of aromatic nitrogens is 2. The lowest BCUT2D eigenvalue weighted by molar-refractivity contribution is 0.0980. The highest BCUT2D eigenvalue weighted by Gasteiger charge is 2.26. The highest BCUT2D eigenvalue weighted by molar-refractivity contribution is 6.05. The van der Waals surface area contributed by atoms with Crippen LogP contribution in [0.2, 0.25) is 0 Å². The number of nitrogens with zero attached hydrogens (tertiary/aromatic N) is 3. The monoisotopic (exact) mass is 411 g/mol. The summed E-state index contributed by atoms with van der Waals surface area (Å²) in [6.45, 7) is 5.03. The predicted octanol–water partition coefficient (Wildman–Crippen LogP) is 1.85. The number of piperidine rings is 1. The fraction of sp³-hybridized carbons (Fsp3) is 0.500. The first-order valence-electron chi connectivity index (χ1n) is 10.6. The third-order valence-corrected chi connectivity index (χ3v) is 5.65. The molecule has 2 aliphatic rings. The summed E-state index contributed by atoms with van der Waals surface area (Å²) in [6.07, 6.45) is 4.53. The Balaban J connectivity index is 1.62. The number of hydrogen-bond donors (Lipinski definition) is 3. The summed E-state index contributed by atoms with van der Waals surface area (Å²) in [6, 6.07) is 7.24. The number of rotatable bonds is 7. The second-order valence-corrected chi connectivity index (χ2v) is 8.00. The molecule has 1 amide bonds. The summed E-state index contributed by atoms with van der Waals surface area (Å²) in [5.41, 5.74) is 1.72. The Morgan fingerprint density at radius 3 is 3.00 bits per heavy atom. The second kappa shape index (κ2) is 9.40. The molecule has 8 heteroatoms. The smallest absolute Gasteiger partial charge is 0.259 e. The molecule has 3 heterocycles. The summed E-state index contributed by atoms with van der Waals surface area (Å²) in [7, 11) is 0. The standard InChI is InChI=1S/C22H29N5O3/c1-15(14-28)25-22-24-10-6-20(26-22)27(13-16-4-8-23-9-5-16)21(29)18-2-3-19-17(12-18)7-11-30-19/h2-3,6,10,12,15-16,23,28H,4-5,7-9,11,13-14H2,1H3,(H,24,25,26). The molecule has 1 saturated heterocycles. The summed E-state index contributed by atoms with van der Waals surface area (Å²) < 4.78 is 5.58. The van der Waals surface area contributed by atoms with Gasteiger partial charge in [-0.1, -0.05) is 0 Å². The highest BCUT2D eigenvalue weighted by atomic mass is 16.5. The van der Waals surface area contributed by atoms with E-state index in [0.29, 0.717) is 36.4 Å². The highest BCUT2D eigenvalue weighted by Crippen LogP contribution is 2.28. The van der Waals surface area contributed by atoms with Crippen molar-refractivity contribution in [2.45, 2.75) is 32.2 Å². The van der Waals surface area contributed by atoms with Gasteiger partial charge in [-0.05, 0) is 68.6 Å². The Kier molecular flexibility index (Phi) is 6.44. The zero-order valence-corrected chi connectivity index (χ0v) is 17.3. The van der Waals surface area contributed by atoms with Crippen LogP contribution in [0.1, 0.15) is 35.7 Å². The van der Waals surface area contributed by atoms with E-state index in [1.807, 2.05) is 25.1 Å². The van der Waals surface area contributed by atoms with Crippen LogP contribution in [0, 0.1) is 5.92 Å². The molecule has 0 aliphatic carbocycles. The Bertz CT molecular complexity index is 885. The number of aliphatic hydroxyl groups is 1. The van der Waals surface area contributed by atoms with Crippen molar-refractivity contribution in [2.24, 2.45) is 5.92 Å². The average Bonchev–Trinajstić information content (AvgIpc) is 3.26. The van der Waals surface area contributed by atoms with Gasteiger partial charge in [-0.15, -0.1) is 0 Å². The first-order valence-corrected chi connectivity index (χ1v) is 10.6. The van der Waals surface area contributed by atoms with Crippen LogP contribution in [0.3, 0.4) is 0 Å². The number of benzene rings is 1. The van der Waals surface area contributed by atoms with E-state index in [-0.39, 0.29) is 18.6 Å². The van der Waals surface area contributed by atoms with Crippen molar-refractivity contribution in [1.29, 1.82) is 0 Å². The van der Waals surface area contributed by atoms with Gasteiger partial charge in [0.1, 0.15) is 11.6 Å². The van der Waals surface area contributed by atoms with E-state index in [0.717, 1.165) is 43.7 Å². The lowest BCUT2D eigenvalue weighted by atomic mass is 9.97. The molecule has 4 rings (SSSR count). The van der Waals surface area contributed by atoms with Crippen LogP contribution in [-0.2, 0) is 6.42 Å². The van der Waals surface area contributed by atoms with Crippen LogP contribution in [0.25, 0.3) is 0 Å². The van der Waals surface area contributed by atoms with Crippen LogP contribution in [-0.4, -0.2) is 59.9 Å². The fourth-order valence-corrected chi connectivity index (χ4v) is 3.91. The van der Waals surface area contributed by atoms with Gasteiger partial charge in [0.25, 0.3) is 5.91 Å². The van der Waals surface area contributed by atoms with Crippen molar-refractivity contribution >= 4 is 17.7 Å². The van der Waals surface area contributed by atoms with Crippen molar-refractivity contribution < 1.29 is 14.6 Å². The van der Waals surface area contributed by atoms with Gasteiger partial charge in [0.05, 0.1) is 13.2 Å². The van der Waals surface area contributed by atoms with Gasteiger partial charge < -0.3 is 20.5 Å². The van der Waals surface area contributed by atoms with E-state index >= 15 is 0 Å². The summed E-state index contributed by atoms with van der Waals surface area (Å²) in [5.74, 6) is 2.18. The van der Waals surface area contributed by atoms with Gasteiger partial charge in [0.2, 0.25) is 5.95 Å². The number of amides is 1. The van der Waals surface area contributed by atoms with E-state index in [1.165, 1.54) is 0 Å². The Labute approximate surface area is 176 Å². The van der Waals surface area contributed by atoms with E-state index in [4.69, 9.17) is 4.74 Å². The van der Waals surface area contributed by atoms with Gasteiger partial charge in [-0.2, -0.15) is 4.98 Å². The molecule has 2 aromatic rings. The van der Waals surface area contributed by atoms with Gasteiger partial charge in [0.15, 0.2) is 0 Å². The van der Waals surface area contributed by atoms with Crippen LogP contribution < -0.4 is 20.3 Å². The van der Waals surface area contributed by atoms with Gasteiger partial charge >= 0.3 is 0 Å². The van der Waals surface area contributed by atoms with E-state index < -0.39 is 0 Å². The number of aliphatic hydroxyl groups excluding tert-OH is 1. The molecule has 0 spiro atoms. The van der Waals surface area contributed by atoms with E-state index in [9.17, 15) is 9.90 Å². The fourth-order valence-electron chi connectivity index (χ4n) is 3.91. The third kappa shape index (κ3) is 4.71. The quantitative estimate of drug-likeness (QED) is 0.639. The number of hydrogen-bond acceptors (Lipinski definition) is 7. The Morgan fingerprint density at radius 1 is 1.37 bits per heavy atom. The molecule has 0 saturated carbocycles. The largest absolute Gasteiger partial charge is 0.493 e. The van der Waals surface area contributed by atoms with Crippen LogP contribution >= 0.6 is 0 Å². The molecular weight excluding hydrogens is 382 g/mol. The molecule has 1 aromatic heterocycles. The van der Waals surface area contributed by atoms with Crippen molar-refractivity contribution in [2.75, 3.05) is 43.1 Å². The second-order valence-electron chi connectivity index (χ2n) is 8.00. The van der Waals surface area contributed by atoms with Crippen LogP contribution in [0.15, 0.2) is 30.5 Å². The van der Waals surface area contributed by atoms with Crippen molar-refractivity contribution in [1.82, 2.24) is 15.3 Å². The maximum atomic E-state index is 13.6. The average molecular weight is 412 g/mol. The number of carbonyl (C=O) groups excluding carboxylic acids is 1. The number of ether oxygens (including phenoxy) is 1. The number of carbonyl (C=O) groups is 1. The lowest BCUT2D eigenvalue weighted by Gasteiger charge is -2.30. The summed E-state index contributed by atoms with van der Waals surface area (Å²) in [5, 5.41) is 15.7. The molecule has 8 nitrogen and oxygen atoms in total. The van der Waals surface area contributed by atoms with Gasteiger partial charge in [0, 0.05) is 30.8 Å². The zero-order chi connectivity index (χ0) is 20.9. The molecule has 30 heavy (non-hydrogen) atoms. The first kappa shape index (κ1) is 20.6. The van der Waals surface area contributed by atoms with Crippen LogP contribution in [0.5, 0.6) is 5.75 Å². The predicted molar refractivity (Wildman–Crippen MR) is 115 cm³/mol. The number of anilines is 2. The van der Waals surface area contributed by atoms with Crippen molar-refractivity contribution in [3.63, 3.8) is 0 Å². The minimum Gasteiger partial charge on any atom is -0.493 e. The molecule has 1 aromatic carbocycles. The number of fused-ring (bicyclic) bond motifs is 1. The maximum absolute atomic E-state index is 13.6. The van der Waals surface area contributed by atoms with Crippen molar-refractivity contribution in [3.05, 3.63) is 41.6 Å². The molecule has 1 fully saturated rings. The molecule has 3 N–H and O–H groups in total. The molecule has 2 aliphatic heterocycles. The minimum absolute atomic E-state index is 0.0253. The lowest BCUT2D eigenvalue weighted by Crippen LogP contribution is -2.40. The van der Waals surface area contributed by atoms with E-state index in [1.54, 1.807) is 17.2 Å². The first-order chi connectivity index (χ1) is 14.6. The molecule has 1 unspecified atom stereocenters. The number of nitrogens with one attached hydrogen (secondary N) is 2. The molecule has 160 valence electrons. The minimum atomic E-state index is -0.175. The summed E-state index contributed by atoms with van der Waals surface area (Å²) >= 11 is 0. The maximum Gasteiger partial charge on any atom is 0.259 e. The van der Waals surface area contributed by atoms with Gasteiger partial charge in [-0.3, -0.25) is 9.69 Å². The molecule has 1 atom stereocenters. The van der Waals surface area contributed by atoms with Gasteiger partial charge in [-0.25, -0.2) is 4.98 Å². The molecular formula is C22H29N5O3. The SMILES string of the molecule is CC(CO)Nc1nccc(N(CC2CCNCC2)C(=O)c2ccc3c(c2)CCO3)n1. The molecule has 0 radical (unpaired) electrons. The Morgan fingerprint density at radius 2 is 2.20 bits per heavy atom. The normalized spacial score (nSPS) is 17.1. The Hall–Kier alpha value is -2.71. The van der Waals surface area contributed by atoms with Crippen molar-refractivity contribution in [3.8, 4) is 5.75 Å². The topological polar surface area (TPSA) is 99.6 Å². The van der Waals surface area contributed by atoms with Crippen LogP contribution in [0.4, 0.5) is 11.8 Å². The molecule has 0 bridgehead atoms. The summed E-state index contributed by atoms with van der Waals surface area (Å²) in [4.78, 5) is 24.1.